The summed E-state index contributed by atoms with van der Waals surface area (Å²) in [6.45, 7) is 10.1. The number of ether oxygens (including phenoxy) is 2. The summed E-state index contributed by atoms with van der Waals surface area (Å²) in [5.41, 5.74) is -2.26. The quantitative estimate of drug-likeness (QED) is 0.240. The number of oxazole rings is 1. The van der Waals surface area contributed by atoms with Crippen molar-refractivity contribution in [1.82, 2.24) is 14.1 Å². The van der Waals surface area contributed by atoms with Gasteiger partial charge in [0.15, 0.2) is 0 Å². The number of thiophene rings is 1. The molecule has 0 amide bonds. The lowest BCUT2D eigenvalue weighted by molar-refractivity contribution is -0.164. The lowest BCUT2D eigenvalue weighted by Gasteiger charge is -2.31. The summed E-state index contributed by atoms with van der Waals surface area (Å²) < 4.78 is 20.3. The van der Waals surface area contributed by atoms with Crippen molar-refractivity contribution in [2.24, 2.45) is 0 Å². The maximum Gasteiger partial charge on any atom is 0.333 e. The number of carbonyl (C=O) groups excluding carboxylic acids is 2. The minimum atomic E-state index is -1.62. The van der Waals surface area contributed by atoms with Gasteiger partial charge in [0, 0.05) is 12.8 Å². The van der Waals surface area contributed by atoms with Gasteiger partial charge in [-0.15, -0.1) is 11.3 Å². The molecule has 43 heavy (non-hydrogen) atoms. The molecule has 0 saturated heterocycles. The number of aromatic nitrogens is 3. The van der Waals surface area contributed by atoms with Crippen LogP contribution in [-0.2, 0) is 31.1 Å². The number of rotatable bonds is 8. The van der Waals surface area contributed by atoms with Gasteiger partial charge < -0.3 is 13.9 Å². The van der Waals surface area contributed by atoms with Gasteiger partial charge in [0.05, 0.1) is 29.1 Å². The summed E-state index contributed by atoms with van der Waals surface area (Å²) in [6.07, 6.45) is 4.35. The van der Waals surface area contributed by atoms with E-state index in [1.54, 1.807) is 27.7 Å². The van der Waals surface area contributed by atoms with Gasteiger partial charge in [-0.1, -0.05) is 30.3 Å². The Kier molecular flexibility index (Phi) is 8.32. The molecular formula is C32H37N3O7S. The van der Waals surface area contributed by atoms with Crippen molar-refractivity contribution in [3.8, 4) is 10.8 Å². The topological polar surface area (TPSA) is 123 Å². The zero-order valence-electron chi connectivity index (χ0n) is 25.3. The highest BCUT2D eigenvalue weighted by Gasteiger charge is 2.39. The van der Waals surface area contributed by atoms with Gasteiger partial charge in [-0.3, -0.25) is 14.2 Å². The monoisotopic (exact) mass is 607 g/mol. The van der Waals surface area contributed by atoms with Crippen LogP contribution in [0.3, 0.4) is 0 Å². The molecule has 228 valence electrons. The van der Waals surface area contributed by atoms with Crippen LogP contribution in [-0.4, -0.2) is 37.6 Å². The van der Waals surface area contributed by atoms with Gasteiger partial charge in [0.1, 0.15) is 34.1 Å². The summed E-state index contributed by atoms with van der Waals surface area (Å²) >= 11 is 1.23. The second-order valence-corrected chi connectivity index (χ2v) is 13.4. The second-order valence-electron chi connectivity index (χ2n) is 12.4. The zero-order valence-corrected chi connectivity index (χ0v) is 26.2. The molecule has 3 aromatic heterocycles. The molecule has 10 nitrogen and oxygen atoms in total. The lowest BCUT2D eigenvalue weighted by atomic mass is 9.96. The van der Waals surface area contributed by atoms with E-state index in [9.17, 15) is 19.2 Å². The number of carbonyl (C=O) groups is 2. The van der Waals surface area contributed by atoms with Crippen LogP contribution in [0, 0.1) is 6.92 Å². The van der Waals surface area contributed by atoms with Crippen molar-refractivity contribution in [3.05, 3.63) is 74.8 Å². The largest absolute Gasteiger partial charge is 0.458 e. The van der Waals surface area contributed by atoms with E-state index in [2.05, 4.69) is 4.98 Å². The maximum absolute atomic E-state index is 14.4. The average molecular weight is 608 g/mol. The van der Waals surface area contributed by atoms with Gasteiger partial charge in [-0.25, -0.2) is 19.1 Å². The molecule has 4 aromatic rings. The zero-order chi connectivity index (χ0) is 31.1. The Hall–Kier alpha value is -3.83. The molecule has 1 aromatic carbocycles. The van der Waals surface area contributed by atoms with Crippen molar-refractivity contribution in [1.29, 1.82) is 0 Å². The summed E-state index contributed by atoms with van der Waals surface area (Å²) in [6, 6.07) is 9.56. The second kappa shape index (κ2) is 11.7. The molecule has 3 heterocycles. The van der Waals surface area contributed by atoms with Gasteiger partial charge in [-0.05, 0) is 65.5 Å². The Balaban J connectivity index is 1.71. The SMILES string of the molecule is Cc1c(-c2ncco2)sc2c1c(=O)n(C(C)(C)C(=O)OC(C)(C)C)c(=O)n2C[C@H](OC1CCC(=O)CC1)c1ccccc1. The van der Waals surface area contributed by atoms with E-state index in [-0.39, 0.29) is 18.4 Å². The van der Waals surface area contributed by atoms with Crippen LogP contribution >= 0.6 is 11.3 Å². The molecule has 1 atom stereocenters. The first kappa shape index (κ1) is 30.6. The van der Waals surface area contributed by atoms with Gasteiger partial charge in [0.25, 0.3) is 5.56 Å². The molecule has 0 radical (unpaired) electrons. The van der Waals surface area contributed by atoms with Gasteiger partial charge >= 0.3 is 11.7 Å². The highest BCUT2D eigenvalue weighted by atomic mass is 32.1. The molecule has 0 aliphatic heterocycles. The molecule has 0 bridgehead atoms. The van der Waals surface area contributed by atoms with Crippen LogP contribution in [0.2, 0.25) is 0 Å². The molecule has 1 saturated carbocycles. The van der Waals surface area contributed by atoms with Gasteiger partial charge in [0.2, 0.25) is 5.89 Å². The number of fused-ring (bicyclic) bond motifs is 1. The van der Waals surface area contributed by atoms with E-state index in [1.165, 1.54) is 42.2 Å². The van der Waals surface area contributed by atoms with Crippen LogP contribution in [0.5, 0.6) is 0 Å². The van der Waals surface area contributed by atoms with Gasteiger partial charge in [-0.2, -0.15) is 0 Å². The Morgan fingerprint density at radius 2 is 1.77 bits per heavy atom. The first-order valence-corrected chi connectivity index (χ1v) is 15.2. The summed E-state index contributed by atoms with van der Waals surface area (Å²) in [7, 11) is 0. The summed E-state index contributed by atoms with van der Waals surface area (Å²) in [4.78, 5) is 59.2. The van der Waals surface area contributed by atoms with Crippen molar-refractivity contribution in [3.63, 3.8) is 0 Å². The summed E-state index contributed by atoms with van der Waals surface area (Å²) in [5, 5.41) is 0.296. The highest BCUT2D eigenvalue weighted by molar-refractivity contribution is 7.22. The molecule has 1 fully saturated rings. The number of nitrogens with zero attached hydrogens (tertiary/aromatic N) is 3. The number of benzene rings is 1. The standard InChI is InChI=1S/C32H37N3O7S/c1-19-24-27(37)35(32(5,6)29(38)42-31(2,3)4)30(39)34(28(24)43-25(19)26-33-16-17-40-26)18-23(20-10-8-7-9-11-20)41-22-14-12-21(36)13-15-22/h7-11,16-17,22-23H,12-15,18H2,1-6H3/t23-/m0/s1. The molecule has 1 aliphatic carbocycles. The molecular weight excluding hydrogens is 570 g/mol. The third-order valence-corrected chi connectivity index (χ3v) is 8.97. The Morgan fingerprint density at radius 1 is 1.09 bits per heavy atom. The van der Waals surface area contributed by atoms with E-state index in [0.29, 0.717) is 52.2 Å². The Labute approximate surface area is 253 Å². The minimum absolute atomic E-state index is 0.0689. The van der Waals surface area contributed by atoms with E-state index >= 15 is 0 Å². The molecule has 0 spiro atoms. The molecule has 11 heteroatoms. The first-order valence-electron chi connectivity index (χ1n) is 14.4. The maximum atomic E-state index is 14.4. The van der Waals surface area contributed by atoms with Crippen molar-refractivity contribution in [2.45, 2.75) is 97.1 Å². The molecule has 1 aliphatic rings. The highest BCUT2D eigenvalue weighted by Crippen LogP contribution is 2.37. The Bertz CT molecular complexity index is 1750. The van der Waals surface area contributed by atoms with Crippen LogP contribution in [0.1, 0.15) is 77.5 Å². The van der Waals surface area contributed by atoms with Crippen LogP contribution < -0.4 is 11.2 Å². The number of hydrogen-bond donors (Lipinski definition) is 0. The minimum Gasteiger partial charge on any atom is -0.458 e. The fourth-order valence-corrected chi connectivity index (χ4v) is 6.62. The first-order chi connectivity index (χ1) is 20.3. The average Bonchev–Trinajstić information content (AvgIpc) is 3.59. The lowest BCUT2D eigenvalue weighted by Crippen LogP contribution is -2.54. The summed E-state index contributed by atoms with van der Waals surface area (Å²) in [5.74, 6) is -0.148. The number of Topliss-reactive ketones (excluding diaryl/α,β-unsaturated/α-hetero) is 1. The molecule has 0 unspecified atom stereocenters. The predicted molar refractivity (Wildman–Crippen MR) is 163 cm³/mol. The van der Waals surface area contributed by atoms with Crippen molar-refractivity contribution < 1.29 is 23.5 Å². The van der Waals surface area contributed by atoms with Crippen LogP contribution in [0.4, 0.5) is 0 Å². The Morgan fingerprint density at radius 3 is 2.37 bits per heavy atom. The van der Waals surface area contributed by atoms with E-state index in [0.717, 1.165) is 10.1 Å². The van der Waals surface area contributed by atoms with E-state index in [1.807, 2.05) is 30.3 Å². The van der Waals surface area contributed by atoms with E-state index in [4.69, 9.17) is 13.9 Å². The van der Waals surface area contributed by atoms with E-state index < -0.39 is 34.5 Å². The smallest absolute Gasteiger partial charge is 0.333 e. The molecule has 5 rings (SSSR count). The fraction of sp³-hybridized carbons (Fsp3) is 0.469. The van der Waals surface area contributed by atoms with Crippen LogP contribution in [0.15, 0.2) is 56.8 Å². The van der Waals surface area contributed by atoms with Crippen LogP contribution in [0.25, 0.3) is 21.0 Å². The molecule has 0 N–H and O–H groups in total. The fourth-order valence-electron chi connectivity index (χ4n) is 5.38. The predicted octanol–water partition coefficient (Wildman–Crippen LogP) is 5.53. The normalized spacial score (nSPS) is 15.6. The number of hydrogen-bond acceptors (Lipinski definition) is 9. The van der Waals surface area contributed by atoms with Crippen molar-refractivity contribution >= 4 is 33.3 Å². The third kappa shape index (κ3) is 6.14. The van der Waals surface area contributed by atoms with Crippen molar-refractivity contribution in [2.75, 3.05) is 0 Å². The number of ketones is 1. The number of aryl methyl sites for hydroxylation is 1. The number of esters is 1. The third-order valence-electron chi connectivity index (χ3n) is 7.66.